The van der Waals surface area contributed by atoms with Gasteiger partial charge in [-0.1, -0.05) is 0 Å². The predicted molar refractivity (Wildman–Crippen MR) is 83.2 cm³/mol. The van der Waals surface area contributed by atoms with Crippen molar-refractivity contribution in [1.29, 1.82) is 0 Å². The molecule has 0 spiro atoms. The van der Waals surface area contributed by atoms with Gasteiger partial charge in [0.2, 0.25) is 0 Å². The molecule has 7 nitrogen and oxygen atoms in total. The number of hydrogen-bond acceptors (Lipinski definition) is 4. The molecule has 1 saturated heterocycles. The van der Waals surface area contributed by atoms with Crippen molar-refractivity contribution in [3.63, 3.8) is 0 Å². The van der Waals surface area contributed by atoms with Crippen LogP contribution in [0.4, 0.5) is 0 Å². The van der Waals surface area contributed by atoms with Gasteiger partial charge >= 0.3 is 5.97 Å². The lowest BCUT2D eigenvalue weighted by atomic mass is 10.1. The van der Waals surface area contributed by atoms with E-state index in [1.165, 1.54) is 0 Å². The molecule has 1 aliphatic rings. The van der Waals surface area contributed by atoms with Gasteiger partial charge in [0.05, 0.1) is 24.2 Å². The lowest BCUT2D eigenvalue weighted by Gasteiger charge is -2.25. The monoisotopic (exact) mass is 317 g/mol. The lowest BCUT2D eigenvalue weighted by Crippen LogP contribution is -2.38. The minimum absolute atomic E-state index is 0.00889. The molecular weight excluding hydrogens is 298 g/mol. The van der Waals surface area contributed by atoms with Crippen molar-refractivity contribution in [1.82, 2.24) is 15.1 Å². The number of ether oxygens (including phenoxy) is 1. The number of aromatic amines is 1. The topological polar surface area (TPSA) is 95.5 Å². The van der Waals surface area contributed by atoms with E-state index < -0.39 is 5.97 Å². The number of nitrogens with zero attached hydrogens (tertiary/aromatic N) is 2. The molecule has 2 heterocycles. The van der Waals surface area contributed by atoms with E-state index in [1.54, 1.807) is 29.3 Å². The normalized spacial score (nSPS) is 17.5. The van der Waals surface area contributed by atoms with Crippen LogP contribution < -0.4 is 0 Å². The number of carboxylic acid groups (broad SMARTS) is 1. The summed E-state index contributed by atoms with van der Waals surface area (Å²) in [6.45, 7) is 1.31. The number of nitrogens with one attached hydrogen (secondary N) is 1. The molecule has 122 valence electrons. The highest BCUT2D eigenvalue weighted by atomic mass is 16.5. The molecule has 1 unspecified atom stereocenters. The minimum atomic E-state index is -0.916. The highest BCUT2D eigenvalue weighted by Crippen LogP contribution is 2.18. The van der Waals surface area contributed by atoms with Gasteiger partial charge in [-0.2, -0.15) is 5.10 Å². The minimum Gasteiger partial charge on any atom is -0.481 e. The summed E-state index contributed by atoms with van der Waals surface area (Å²) >= 11 is 0. The van der Waals surface area contributed by atoms with Crippen molar-refractivity contribution in [3.05, 3.63) is 30.0 Å². The largest absolute Gasteiger partial charge is 0.481 e. The third-order valence-electron chi connectivity index (χ3n) is 4.02. The van der Waals surface area contributed by atoms with Crippen LogP contribution in [0.1, 0.15) is 29.6 Å². The van der Waals surface area contributed by atoms with Crippen LogP contribution in [0.15, 0.2) is 24.4 Å². The Morgan fingerprint density at radius 1 is 1.43 bits per heavy atom. The molecule has 1 amide bonds. The second-order valence-electron chi connectivity index (χ2n) is 5.70. The first-order valence-electron chi connectivity index (χ1n) is 7.69. The Labute approximate surface area is 133 Å². The molecule has 23 heavy (non-hydrogen) atoms. The highest BCUT2D eigenvalue weighted by Gasteiger charge is 2.24. The Morgan fingerprint density at radius 2 is 2.30 bits per heavy atom. The third kappa shape index (κ3) is 3.68. The molecule has 1 atom stereocenters. The fourth-order valence-electron chi connectivity index (χ4n) is 2.80. The van der Waals surface area contributed by atoms with Gasteiger partial charge in [0.15, 0.2) is 0 Å². The number of aliphatic carboxylic acids is 1. The Morgan fingerprint density at radius 3 is 3.04 bits per heavy atom. The van der Waals surface area contributed by atoms with Crippen LogP contribution >= 0.6 is 0 Å². The van der Waals surface area contributed by atoms with Crippen molar-refractivity contribution in [2.24, 2.45) is 0 Å². The molecule has 3 rings (SSSR count). The van der Waals surface area contributed by atoms with E-state index in [2.05, 4.69) is 10.2 Å². The smallest absolute Gasteiger partial charge is 0.305 e. The summed E-state index contributed by atoms with van der Waals surface area (Å²) in [4.78, 5) is 25.2. The molecule has 0 saturated carbocycles. The molecule has 1 fully saturated rings. The maximum atomic E-state index is 12.8. The number of hydrogen-bond donors (Lipinski definition) is 2. The number of H-pyrrole nitrogens is 1. The van der Waals surface area contributed by atoms with Gasteiger partial charge in [-0.15, -0.1) is 0 Å². The van der Waals surface area contributed by atoms with E-state index in [1.807, 2.05) is 0 Å². The van der Waals surface area contributed by atoms with Crippen LogP contribution in [-0.2, 0) is 9.53 Å². The van der Waals surface area contributed by atoms with Crippen LogP contribution in [0, 0.1) is 0 Å². The number of amides is 1. The van der Waals surface area contributed by atoms with Gasteiger partial charge in [-0.25, -0.2) is 0 Å². The van der Waals surface area contributed by atoms with Crippen LogP contribution in [-0.4, -0.2) is 57.9 Å². The SMILES string of the molecule is O=C(O)CCN(CC1CCCO1)C(=O)c1ccc2[nH]ncc2c1. The van der Waals surface area contributed by atoms with Gasteiger partial charge in [0.25, 0.3) is 5.91 Å². The molecule has 1 aromatic carbocycles. The predicted octanol–water partition coefficient (Wildman–Crippen LogP) is 1.66. The maximum absolute atomic E-state index is 12.8. The first-order valence-corrected chi connectivity index (χ1v) is 7.69. The average Bonchev–Trinajstić information content (AvgIpc) is 3.20. The summed E-state index contributed by atoms with van der Waals surface area (Å²) in [5.41, 5.74) is 1.39. The Hall–Kier alpha value is -2.41. The van der Waals surface area contributed by atoms with Gasteiger partial charge in [-0.05, 0) is 31.0 Å². The molecule has 1 aromatic heterocycles. The summed E-state index contributed by atoms with van der Waals surface area (Å²) in [5, 5.41) is 16.5. The number of carbonyl (C=O) groups is 2. The molecule has 7 heteroatoms. The molecule has 2 N–H and O–H groups in total. The van der Waals surface area contributed by atoms with Crippen LogP contribution in [0.5, 0.6) is 0 Å². The number of aromatic nitrogens is 2. The van der Waals surface area contributed by atoms with Crippen molar-refractivity contribution in [2.45, 2.75) is 25.4 Å². The summed E-state index contributed by atoms with van der Waals surface area (Å²) in [5.74, 6) is -1.09. The van der Waals surface area contributed by atoms with E-state index in [-0.39, 0.29) is 25.0 Å². The second kappa shape index (κ2) is 6.78. The summed E-state index contributed by atoms with van der Waals surface area (Å²) in [6.07, 6.45) is 3.45. The van der Waals surface area contributed by atoms with E-state index in [9.17, 15) is 9.59 Å². The molecule has 0 bridgehead atoms. The van der Waals surface area contributed by atoms with E-state index >= 15 is 0 Å². The van der Waals surface area contributed by atoms with Crippen LogP contribution in [0.25, 0.3) is 10.9 Å². The van der Waals surface area contributed by atoms with Crippen molar-refractivity contribution >= 4 is 22.8 Å². The molecule has 0 radical (unpaired) electrons. The highest BCUT2D eigenvalue weighted by molar-refractivity contribution is 5.98. The zero-order chi connectivity index (χ0) is 16.2. The summed E-state index contributed by atoms with van der Waals surface area (Å²) in [6, 6.07) is 5.30. The molecular formula is C16H19N3O4. The lowest BCUT2D eigenvalue weighted by molar-refractivity contribution is -0.137. The summed E-state index contributed by atoms with van der Waals surface area (Å²) in [7, 11) is 0. The molecule has 2 aromatic rings. The standard InChI is InChI=1S/C16H19N3O4/c20-15(21)5-6-19(10-13-2-1-7-23-13)16(22)11-3-4-14-12(8-11)9-17-18-14/h3-4,8-9,13H,1-2,5-7,10H2,(H,17,18)(H,20,21). The zero-order valence-corrected chi connectivity index (χ0v) is 12.7. The van der Waals surface area contributed by atoms with Crippen molar-refractivity contribution in [2.75, 3.05) is 19.7 Å². The first kappa shape index (κ1) is 15.5. The number of rotatable bonds is 6. The van der Waals surface area contributed by atoms with Gasteiger partial charge < -0.3 is 14.7 Å². The van der Waals surface area contributed by atoms with Gasteiger partial charge in [0, 0.05) is 30.6 Å². The van der Waals surface area contributed by atoms with Gasteiger partial charge in [0.1, 0.15) is 0 Å². The van der Waals surface area contributed by atoms with Crippen LogP contribution in [0.3, 0.4) is 0 Å². The maximum Gasteiger partial charge on any atom is 0.305 e. The van der Waals surface area contributed by atoms with Crippen molar-refractivity contribution < 1.29 is 19.4 Å². The van der Waals surface area contributed by atoms with Gasteiger partial charge in [-0.3, -0.25) is 14.7 Å². The van der Waals surface area contributed by atoms with Crippen LogP contribution in [0.2, 0.25) is 0 Å². The fraction of sp³-hybridized carbons (Fsp3) is 0.438. The summed E-state index contributed by atoms with van der Waals surface area (Å²) < 4.78 is 5.58. The van der Waals surface area contributed by atoms with E-state index in [0.29, 0.717) is 18.7 Å². The first-order chi connectivity index (χ1) is 11.1. The molecule has 1 aliphatic heterocycles. The van der Waals surface area contributed by atoms with E-state index in [4.69, 9.17) is 9.84 Å². The quantitative estimate of drug-likeness (QED) is 0.845. The Balaban J connectivity index is 1.77. The Kier molecular flexibility index (Phi) is 4.57. The average molecular weight is 317 g/mol. The van der Waals surface area contributed by atoms with E-state index in [0.717, 1.165) is 23.7 Å². The number of carboxylic acids is 1. The molecule has 0 aliphatic carbocycles. The third-order valence-corrected chi connectivity index (χ3v) is 4.02. The fourth-order valence-corrected chi connectivity index (χ4v) is 2.80. The Bertz CT molecular complexity index is 706. The second-order valence-corrected chi connectivity index (χ2v) is 5.70. The zero-order valence-electron chi connectivity index (χ0n) is 12.7. The number of benzene rings is 1. The van der Waals surface area contributed by atoms with Crippen molar-refractivity contribution in [3.8, 4) is 0 Å². The number of fused-ring (bicyclic) bond motifs is 1. The number of carbonyl (C=O) groups excluding carboxylic acids is 1.